The van der Waals surface area contributed by atoms with Crippen LogP contribution in [-0.4, -0.2) is 17.2 Å². The second-order valence-electron chi connectivity index (χ2n) is 3.42. The standard InChI is InChI=1S/C11H14O3/c1-7-4-8(2)6-10(5-7)14-9(3)11(12)13/h4-6,9H,1-3H3,(H,12,13)/t9-/m0/s1. The quantitative estimate of drug-likeness (QED) is 0.802. The summed E-state index contributed by atoms with van der Waals surface area (Å²) in [5, 5.41) is 8.66. The summed E-state index contributed by atoms with van der Waals surface area (Å²) in [5.74, 6) is -0.346. The fourth-order valence-corrected chi connectivity index (χ4v) is 1.26. The van der Waals surface area contributed by atoms with Crippen LogP contribution >= 0.6 is 0 Å². The Balaban J connectivity index is 2.81. The van der Waals surface area contributed by atoms with Gasteiger partial charge >= 0.3 is 5.97 Å². The SMILES string of the molecule is Cc1cc(C)cc(O[C@@H](C)C(=O)O)c1. The van der Waals surface area contributed by atoms with Gasteiger partial charge in [0.2, 0.25) is 0 Å². The van der Waals surface area contributed by atoms with E-state index in [1.807, 2.05) is 32.0 Å². The summed E-state index contributed by atoms with van der Waals surface area (Å²) >= 11 is 0. The molecule has 0 fully saturated rings. The van der Waals surface area contributed by atoms with E-state index in [4.69, 9.17) is 9.84 Å². The van der Waals surface area contributed by atoms with E-state index >= 15 is 0 Å². The number of ether oxygens (including phenoxy) is 1. The van der Waals surface area contributed by atoms with Gasteiger partial charge in [0.05, 0.1) is 0 Å². The van der Waals surface area contributed by atoms with Crippen molar-refractivity contribution in [1.29, 1.82) is 0 Å². The zero-order valence-electron chi connectivity index (χ0n) is 8.57. The molecule has 0 radical (unpaired) electrons. The minimum absolute atomic E-state index is 0.609. The first-order chi connectivity index (χ1) is 6.49. The van der Waals surface area contributed by atoms with E-state index in [1.165, 1.54) is 6.92 Å². The van der Waals surface area contributed by atoms with Gasteiger partial charge in [-0.05, 0) is 44.0 Å². The van der Waals surface area contributed by atoms with Gasteiger partial charge in [0, 0.05) is 0 Å². The number of rotatable bonds is 3. The Morgan fingerprint density at radius 2 is 1.79 bits per heavy atom. The van der Waals surface area contributed by atoms with Crippen molar-refractivity contribution < 1.29 is 14.6 Å². The Morgan fingerprint density at radius 1 is 1.29 bits per heavy atom. The molecule has 76 valence electrons. The molecule has 1 N–H and O–H groups in total. The highest BCUT2D eigenvalue weighted by Crippen LogP contribution is 2.17. The molecular weight excluding hydrogens is 180 g/mol. The Labute approximate surface area is 83.3 Å². The first-order valence-electron chi connectivity index (χ1n) is 4.47. The van der Waals surface area contributed by atoms with Crippen molar-refractivity contribution in [3.05, 3.63) is 29.3 Å². The molecule has 0 unspecified atom stereocenters. The number of aryl methyl sites for hydroxylation is 2. The van der Waals surface area contributed by atoms with Crippen LogP contribution in [0.1, 0.15) is 18.1 Å². The Hall–Kier alpha value is -1.51. The van der Waals surface area contributed by atoms with Crippen molar-refractivity contribution in [2.24, 2.45) is 0 Å². The molecule has 1 aromatic carbocycles. The highest BCUT2D eigenvalue weighted by atomic mass is 16.5. The van der Waals surface area contributed by atoms with Crippen LogP contribution < -0.4 is 4.74 Å². The summed E-state index contributed by atoms with van der Waals surface area (Å²) in [4.78, 5) is 10.5. The topological polar surface area (TPSA) is 46.5 Å². The summed E-state index contributed by atoms with van der Waals surface area (Å²) in [6, 6.07) is 5.66. The first kappa shape index (κ1) is 10.6. The monoisotopic (exact) mass is 194 g/mol. The van der Waals surface area contributed by atoms with Gasteiger partial charge in [0.15, 0.2) is 6.10 Å². The highest BCUT2D eigenvalue weighted by Gasteiger charge is 2.12. The van der Waals surface area contributed by atoms with Gasteiger partial charge in [-0.2, -0.15) is 0 Å². The number of hydrogen-bond donors (Lipinski definition) is 1. The molecule has 1 aromatic rings. The number of carboxylic acid groups (broad SMARTS) is 1. The summed E-state index contributed by atoms with van der Waals surface area (Å²) in [7, 11) is 0. The molecule has 0 saturated carbocycles. The van der Waals surface area contributed by atoms with Gasteiger partial charge in [0.1, 0.15) is 5.75 Å². The lowest BCUT2D eigenvalue weighted by atomic mass is 10.1. The van der Waals surface area contributed by atoms with Crippen LogP contribution in [0.2, 0.25) is 0 Å². The lowest BCUT2D eigenvalue weighted by molar-refractivity contribution is -0.144. The lowest BCUT2D eigenvalue weighted by Gasteiger charge is -2.11. The third kappa shape index (κ3) is 2.76. The second kappa shape index (κ2) is 4.13. The van der Waals surface area contributed by atoms with Crippen LogP contribution in [0, 0.1) is 13.8 Å². The number of carbonyl (C=O) groups is 1. The predicted molar refractivity (Wildman–Crippen MR) is 53.6 cm³/mol. The van der Waals surface area contributed by atoms with E-state index in [2.05, 4.69) is 0 Å². The predicted octanol–water partition coefficient (Wildman–Crippen LogP) is 2.16. The normalized spacial score (nSPS) is 12.2. The van der Waals surface area contributed by atoms with Crippen LogP contribution in [0.15, 0.2) is 18.2 Å². The minimum Gasteiger partial charge on any atom is -0.479 e. The van der Waals surface area contributed by atoms with E-state index in [0.29, 0.717) is 5.75 Å². The van der Waals surface area contributed by atoms with Crippen molar-refractivity contribution in [1.82, 2.24) is 0 Å². The van der Waals surface area contributed by atoms with E-state index in [0.717, 1.165) is 11.1 Å². The average molecular weight is 194 g/mol. The van der Waals surface area contributed by atoms with Gasteiger partial charge in [-0.15, -0.1) is 0 Å². The van der Waals surface area contributed by atoms with Gasteiger partial charge in [-0.3, -0.25) is 0 Å². The summed E-state index contributed by atoms with van der Waals surface area (Å²) in [6.07, 6.45) is -0.809. The molecule has 1 atom stereocenters. The third-order valence-electron chi connectivity index (χ3n) is 1.86. The van der Waals surface area contributed by atoms with E-state index in [-0.39, 0.29) is 0 Å². The molecule has 0 aromatic heterocycles. The summed E-state index contributed by atoms with van der Waals surface area (Å²) in [6.45, 7) is 5.41. The Bertz CT molecular complexity index is 324. The zero-order valence-corrected chi connectivity index (χ0v) is 8.57. The van der Waals surface area contributed by atoms with Gasteiger partial charge in [-0.1, -0.05) is 6.07 Å². The molecule has 0 aliphatic carbocycles. The van der Waals surface area contributed by atoms with Crippen LogP contribution in [0.5, 0.6) is 5.75 Å². The van der Waals surface area contributed by atoms with Gasteiger partial charge < -0.3 is 9.84 Å². The fourth-order valence-electron chi connectivity index (χ4n) is 1.26. The summed E-state index contributed by atoms with van der Waals surface area (Å²) < 4.78 is 5.24. The van der Waals surface area contributed by atoms with Crippen molar-refractivity contribution >= 4 is 5.97 Å². The van der Waals surface area contributed by atoms with Crippen molar-refractivity contribution in [3.63, 3.8) is 0 Å². The summed E-state index contributed by atoms with van der Waals surface area (Å²) in [5.41, 5.74) is 2.13. The molecule has 14 heavy (non-hydrogen) atoms. The fraction of sp³-hybridized carbons (Fsp3) is 0.364. The molecule has 0 aliphatic rings. The Kier molecular flexibility index (Phi) is 3.12. The maximum atomic E-state index is 10.5. The lowest BCUT2D eigenvalue weighted by Crippen LogP contribution is -2.22. The molecule has 0 saturated heterocycles. The van der Waals surface area contributed by atoms with Gasteiger partial charge in [0.25, 0.3) is 0 Å². The molecule has 0 aliphatic heterocycles. The van der Waals surface area contributed by atoms with Crippen LogP contribution in [0.4, 0.5) is 0 Å². The third-order valence-corrected chi connectivity index (χ3v) is 1.86. The number of aliphatic carboxylic acids is 1. The van der Waals surface area contributed by atoms with Crippen molar-refractivity contribution in [2.45, 2.75) is 26.9 Å². The molecule has 0 spiro atoms. The molecule has 0 bridgehead atoms. The molecule has 0 amide bonds. The maximum Gasteiger partial charge on any atom is 0.344 e. The van der Waals surface area contributed by atoms with E-state index in [9.17, 15) is 4.79 Å². The minimum atomic E-state index is -0.954. The second-order valence-corrected chi connectivity index (χ2v) is 3.42. The molecule has 3 nitrogen and oxygen atoms in total. The highest BCUT2D eigenvalue weighted by molar-refractivity contribution is 5.72. The molecule has 0 heterocycles. The van der Waals surface area contributed by atoms with Crippen LogP contribution in [0.25, 0.3) is 0 Å². The number of carboxylic acids is 1. The zero-order chi connectivity index (χ0) is 10.7. The molecule has 1 rings (SSSR count). The number of hydrogen-bond acceptors (Lipinski definition) is 2. The van der Waals surface area contributed by atoms with Gasteiger partial charge in [-0.25, -0.2) is 4.79 Å². The van der Waals surface area contributed by atoms with E-state index in [1.54, 1.807) is 0 Å². The first-order valence-corrected chi connectivity index (χ1v) is 4.47. The Morgan fingerprint density at radius 3 is 2.21 bits per heavy atom. The smallest absolute Gasteiger partial charge is 0.344 e. The van der Waals surface area contributed by atoms with Crippen molar-refractivity contribution in [3.8, 4) is 5.75 Å². The number of benzene rings is 1. The van der Waals surface area contributed by atoms with E-state index < -0.39 is 12.1 Å². The van der Waals surface area contributed by atoms with Crippen LogP contribution in [-0.2, 0) is 4.79 Å². The largest absolute Gasteiger partial charge is 0.479 e. The van der Waals surface area contributed by atoms with Crippen LogP contribution in [0.3, 0.4) is 0 Å². The average Bonchev–Trinajstić information content (AvgIpc) is 2.01. The van der Waals surface area contributed by atoms with Crippen molar-refractivity contribution in [2.75, 3.05) is 0 Å². The molecule has 3 heteroatoms. The molecular formula is C11H14O3. The maximum absolute atomic E-state index is 10.5.